The summed E-state index contributed by atoms with van der Waals surface area (Å²) in [5, 5.41) is 2.80. The number of nitrogens with one attached hydrogen (secondary N) is 1. The van der Waals surface area contributed by atoms with E-state index in [1.54, 1.807) is 4.90 Å². The highest BCUT2D eigenvalue weighted by molar-refractivity contribution is 5.93. The lowest BCUT2D eigenvalue weighted by Crippen LogP contribution is -2.39. The third-order valence-electron chi connectivity index (χ3n) is 4.39. The lowest BCUT2D eigenvalue weighted by Gasteiger charge is -2.20. The fourth-order valence-electron chi connectivity index (χ4n) is 2.97. The highest BCUT2D eigenvalue weighted by atomic mass is 16.5. The van der Waals surface area contributed by atoms with Crippen molar-refractivity contribution in [3.63, 3.8) is 0 Å². The first kappa shape index (κ1) is 17.0. The quantitative estimate of drug-likeness (QED) is 0.765. The first-order valence-corrected chi connectivity index (χ1v) is 8.69. The molecule has 0 spiro atoms. The van der Waals surface area contributed by atoms with Gasteiger partial charge in [0.1, 0.15) is 11.4 Å². The van der Waals surface area contributed by atoms with Crippen LogP contribution in [0.15, 0.2) is 54.7 Å². The first-order valence-electron chi connectivity index (χ1n) is 8.69. The molecule has 0 saturated heterocycles. The number of nitrogens with zero attached hydrogens (tertiary/aromatic N) is 3. The maximum absolute atomic E-state index is 12.3. The van der Waals surface area contributed by atoms with Gasteiger partial charge in [0.15, 0.2) is 6.61 Å². The first-order chi connectivity index (χ1) is 13.2. The van der Waals surface area contributed by atoms with Crippen LogP contribution in [-0.4, -0.2) is 46.4 Å². The van der Waals surface area contributed by atoms with Crippen molar-refractivity contribution < 1.29 is 14.3 Å². The Labute approximate surface area is 156 Å². The van der Waals surface area contributed by atoms with E-state index in [0.29, 0.717) is 25.2 Å². The topological polar surface area (TPSA) is 84.4 Å². The Morgan fingerprint density at radius 1 is 1.11 bits per heavy atom. The molecule has 7 nitrogen and oxygen atoms in total. The van der Waals surface area contributed by atoms with Crippen LogP contribution in [0.5, 0.6) is 5.75 Å². The fraction of sp³-hybridized carbons (Fsp3) is 0.200. The average Bonchev–Trinajstić information content (AvgIpc) is 2.86. The highest BCUT2D eigenvalue weighted by Crippen LogP contribution is 2.22. The van der Waals surface area contributed by atoms with E-state index in [-0.39, 0.29) is 24.1 Å². The summed E-state index contributed by atoms with van der Waals surface area (Å²) in [5.41, 5.74) is 2.61. The van der Waals surface area contributed by atoms with Gasteiger partial charge in [-0.05, 0) is 18.2 Å². The van der Waals surface area contributed by atoms with E-state index in [4.69, 9.17) is 4.74 Å². The van der Waals surface area contributed by atoms with Gasteiger partial charge < -0.3 is 15.0 Å². The molecule has 7 heteroatoms. The molecular formula is C20H18N4O3. The lowest BCUT2D eigenvalue weighted by atomic mass is 10.2. The van der Waals surface area contributed by atoms with Crippen molar-refractivity contribution in [3.8, 4) is 5.75 Å². The van der Waals surface area contributed by atoms with Crippen LogP contribution in [0.4, 0.5) is 0 Å². The van der Waals surface area contributed by atoms with Crippen molar-refractivity contribution in [2.75, 3.05) is 19.7 Å². The molecule has 0 bridgehead atoms. The highest BCUT2D eigenvalue weighted by Gasteiger charge is 2.21. The van der Waals surface area contributed by atoms with E-state index >= 15 is 0 Å². The van der Waals surface area contributed by atoms with Gasteiger partial charge in [-0.25, -0.2) is 4.98 Å². The second kappa shape index (κ2) is 7.41. The molecule has 0 fully saturated rings. The van der Waals surface area contributed by atoms with E-state index in [1.807, 2.05) is 48.5 Å². The molecule has 3 aromatic rings. The van der Waals surface area contributed by atoms with E-state index < -0.39 is 0 Å². The number of amides is 2. The number of carbonyl (C=O) groups excluding carboxylic acids is 2. The number of hydrogen-bond acceptors (Lipinski definition) is 5. The Kier molecular flexibility index (Phi) is 4.65. The third-order valence-corrected chi connectivity index (χ3v) is 4.39. The number of fused-ring (bicyclic) bond motifs is 2. The van der Waals surface area contributed by atoms with Crippen LogP contribution in [0, 0.1) is 0 Å². The van der Waals surface area contributed by atoms with E-state index in [0.717, 1.165) is 16.8 Å². The molecule has 0 atom stereocenters. The Balaban J connectivity index is 1.38. The number of hydrogen-bond donors (Lipinski definition) is 1. The van der Waals surface area contributed by atoms with Gasteiger partial charge in [-0.3, -0.25) is 14.6 Å². The van der Waals surface area contributed by atoms with Crippen molar-refractivity contribution in [1.82, 2.24) is 20.2 Å². The standard InChI is InChI=1S/C20H18N4O3/c25-19-13-27-18-8-4-1-5-14(18)12-24(19)10-9-21-20(26)17-11-22-15-6-2-3-7-16(15)23-17/h1-8,11H,9-10,12-13H2,(H,21,26). The summed E-state index contributed by atoms with van der Waals surface area (Å²) in [6.07, 6.45) is 1.46. The molecule has 1 aromatic heterocycles. The van der Waals surface area contributed by atoms with Gasteiger partial charge in [-0.1, -0.05) is 30.3 Å². The van der Waals surface area contributed by atoms with Crippen molar-refractivity contribution in [2.24, 2.45) is 0 Å². The number of para-hydroxylation sites is 3. The van der Waals surface area contributed by atoms with E-state index in [9.17, 15) is 9.59 Å². The van der Waals surface area contributed by atoms with Crippen molar-refractivity contribution in [2.45, 2.75) is 6.54 Å². The predicted molar refractivity (Wildman–Crippen MR) is 99.2 cm³/mol. The molecule has 0 radical (unpaired) electrons. The molecule has 0 aliphatic carbocycles. The Bertz CT molecular complexity index is 1010. The number of rotatable bonds is 4. The summed E-state index contributed by atoms with van der Waals surface area (Å²) in [5.74, 6) is 0.307. The maximum atomic E-state index is 12.3. The van der Waals surface area contributed by atoms with Crippen molar-refractivity contribution >= 4 is 22.8 Å². The molecule has 4 rings (SSSR count). The summed E-state index contributed by atoms with van der Waals surface area (Å²) in [4.78, 5) is 34.8. The summed E-state index contributed by atoms with van der Waals surface area (Å²) in [6, 6.07) is 15.0. The molecule has 2 aromatic carbocycles. The lowest BCUT2D eigenvalue weighted by molar-refractivity contribution is -0.133. The Hall–Kier alpha value is -3.48. The average molecular weight is 362 g/mol. The molecular weight excluding hydrogens is 344 g/mol. The molecule has 2 amide bonds. The summed E-state index contributed by atoms with van der Waals surface area (Å²) in [6.45, 7) is 1.17. The second-order valence-corrected chi connectivity index (χ2v) is 6.21. The minimum atomic E-state index is -0.313. The SMILES string of the molecule is O=C(NCCN1Cc2ccccc2OCC1=O)c1cnc2ccccc2n1. The summed E-state index contributed by atoms with van der Waals surface area (Å²) >= 11 is 0. The molecule has 2 heterocycles. The zero-order valence-electron chi connectivity index (χ0n) is 14.6. The van der Waals surface area contributed by atoms with Gasteiger partial charge in [-0.15, -0.1) is 0 Å². The van der Waals surface area contributed by atoms with Crippen LogP contribution in [-0.2, 0) is 11.3 Å². The number of benzene rings is 2. The number of ether oxygens (including phenoxy) is 1. The predicted octanol–water partition coefficient (Wildman–Crippen LogP) is 1.78. The molecule has 136 valence electrons. The van der Waals surface area contributed by atoms with Gasteiger partial charge in [-0.2, -0.15) is 0 Å². The molecule has 1 aliphatic heterocycles. The van der Waals surface area contributed by atoms with Gasteiger partial charge in [0, 0.05) is 25.2 Å². The summed E-state index contributed by atoms with van der Waals surface area (Å²) in [7, 11) is 0. The fourth-order valence-corrected chi connectivity index (χ4v) is 2.97. The Morgan fingerprint density at radius 3 is 2.78 bits per heavy atom. The molecule has 0 unspecified atom stereocenters. The smallest absolute Gasteiger partial charge is 0.271 e. The third kappa shape index (κ3) is 3.72. The van der Waals surface area contributed by atoms with E-state index in [2.05, 4.69) is 15.3 Å². The summed E-state index contributed by atoms with van der Waals surface area (Å²) < 4.78 is 5.53. The molecule has 1 N–H and O–H groups in total. The van der Waals surface area contributed by atoms with Gasteiger partial charge >= 0.3 is 0 Å². The normalized spacial score (nSPS) is 13.6. The van der Waals surface area contributed by atoms with Crippen molar-refractivity contribution in [3.05, 3.63) is 66.0 Å². The van der Waals surface area contributed by atoms with Gasteiger partial charge in [0.2, 0.25) is 0 Å². The zero-order valence-corrected chi connectivity index (χ0v) is 14.6. The van der Waals surface area contributed by atoms with Crippen LogP contribution in [0.1, 0.15) is 16.1 Å². The van der Waals surface area contributed by atoms with E-state index in [1.165, 1.54) is 6.20 Å². The van der Waals surface area contributed by atoms with Crippen LogP contribution >= 0.6 is 0 Å². The van der Waals surface area contributed by atoms with Crippen LogP contribution in [0.2, 0.25) is 0 Å². The molecule has 27 heavy (non-hydrogen) atoms. The number of carbonyl (C=O) groups is 2. The monoisotopic (exact) mass is 362 g/mol. The maximum Gasteiger partial charge on any atom is 0.271 e. The van der Waals surface area contributed by atoms with Crippen LogP contribution in [0.25, 0.3) is 11.0 Å². The largest absolute Gasteiger partial charge is 0.483 e. The Morgan fingerprint density at radius 2 is 1.89 bits per heavy atom. The minimum absolute atomic E-state index is 0.00110. The van der Waals surface area contributed by atoms with Crippen molar-refractivity contribution in [1.29, 1.82) is 0 Å². The number of aromatic nitrogens is 2. The molecule has 1 aliphatic rings. The van der Waals surface area contributed by atoms with Gasteiger partial charge in [0.05, 0.1) is 17.2 Å². The van der Waals surface area contributed by atoms with Crippen LogP contribution < -0.4 is 10.1 Å². The van der Waals surface area contributed by atoms with Crippen LogP contribution in [0.3, 0.4) is 0 Å². The minimum Gasteiger partial charge on any atom is -0.483 e. The molecule has 0 saturated carbocycles. The van der Waals surface area contributed by atoms with Gasteiger partial charge in [0.25, 0.3) is 11.8 Å². The zero-order chi connectivity index (χ0) is 18.6. The second-order valence-electron chi connectivity index (χ2n) is 6.21.